The van der Waals surface area contributed by atoms with Gasteiger partial charge in [0.15, 0.2) is 0 Å². The first-order chi connectivity index (χ1) is 10.3. The van der Waals surface area contributed by atoms with Crippen LogP contribution in [0.25, 0.3) is 0 Å². The quantitative estimate of drug-likeness (QED) is 0.801. The molecule has 0 spiro atoms. The standard InChI is InChI=1S/C18H23NO2/c19-11-3-6-17-4-1-2-5-18(17)14-21-13-16-9-7-15(12-20)8-10-16/h7-10,14,17,20H,1-6,12-13H2/b18-14+. The Kier molecular flexibility index (Phi) is 6.30. The maximum Gasteiger partial charge on any atom is 0.112 e. The lowest BCUT2D eigenvalue weighted by Gasteiger charge is -2.24. The molecule has 0 saturated heterocycles. The molecule has 3 nitrogen and oxygen atoms in total. The molecule has 3 heteroatoms. The smallest absolute Gasteiger partial charge is 0.112 e. The second kappa shape index (κ2) is 8.49. The molecule has 1 aromatic carbocycles. The maximum absolute atomic E-state index is 9.01. The van der Waals surface area contributed by atoms with E-state index in [-0.39, 0.29) is 6.61 Å². The number of nitriles is 1. The first-order valence-corrected chi connectivity index (χ1v) is 7.69. The van der Waals surface area contributed by atoms with Gasteiger partial charge >= 0.3 is 0 Å². The second-order valence-corrected chi connectivity index (χ2v) is 5.62. The molecule has 1 saturated carbocycles. The van der Waals surface area contributed by atoms with Crippen molar-refractivity contribution in [3.8, 4) is 6.07 Å². The summed E-state index contributed by atoms with van der Waals surface area (Å²) in [7, 11) is 0. The first-order valence-electron chi connectivity index (χ1n) is 7.69. The average Bonchev–Trinajstić information content (AvgIpc) is 2.54. The minimum atomic E-state index is 0.0752. The van der Waals surface area contributed by atoms with Crippen LogP contribution in [0.5, 0.6) is 0 Å². The van der Waals surface area contributed by atoms with Crippen LogP contribution >= 0.6 is 0 Å². The van der Waals surface area contributed by atoms with Gasteiger partial charge in [-0.2, -0.15) is 5.26 Å². The van der Waals surface area contributed by atoms with Gasteiger partial charge in [-0.25, -0.2) is 0 Å². The van der Waals surface area contributed by atoms with Crippen LogP contribution in [0.1, 0.15) is 49.7 Å². The van der Waals surface area contributed by atoms with Crippen LogP contribution in [0.3, 0.4) is 0 Å². The molecule has 1 aliphatic carbocycles. The van der Waals surface area contributed by atoms with Crippen LogP contribution in [0.4, 0.5) is 0 Å². The molecule has 0 amide bonds. The summed E-state index contributed by atoms with van der Waals surface area (Å²) >= 11 is 0. The van der Waals surface area contributed by atoms with E-state index in [9.17, 15) is 0 Å². The summed E-state index contributed by atoms with van der Waals surface area (Å²) in [5.41, 5.74) is 3.39. The Morgan fingerprint density at radius 1 is 1.24 bits per heavy atom. The van der Waals surface area contributed by atoms with Gasteiger partial charge in [0.25, 0.3) is 0 Å². The van der Waals surface area contributed by atoms with Crippen molar-refractivity contribution in [3.05, 3.63) is 47.2 Å². The van der Waals surface area contributed by atoms with Gasteiger partial charge in [-0.05, 0) is 48.3 Å². The van der Waals surface area contributed by atoms with Gasteiger partial charge in [0.05, 0.1) is 18.9 Å². The number of hydrogen-bond donors (Lipinski definition) is 1. The van der Waals surface area contributed by atoms with Gasteiger partial charge in [-0.15, -0.1) is 0 Å². The number of aliphatic hydroxyl groups excluding tert-OH is 1. The molecule has 0 aliphatic heterocycles. The topological polar surface area (TPSA) is 53.2 Å². The van der Waals surface area contributed by atoms with E-state index in [1.807, 2.05) is 30.5 Å². The van der Waals surface area contributed by atoms with E-state index in [1.54, 1.807) is 0 Å². The van der Waals surface area contributed by atoms with Crippen molar-refractivity contribution >= 4 is 0 Å². The lowest BCUT2D eigenvalue weighted by Crippen LogP contribution is -2.10. The Morgan fingerprint density at radius 2 is 2.00 bits per heavy atom. The third-order valence-electron chi connectivity index (χ3n) is 4.09. The van der Waals surface area contributed by atoms with Crippen molar-refractivity contribution in [2.75, 3.05) is 0 Å². The van der Waals surface area contributed by atoms with Crippen LogP contribution in [-0.2, 0) is 18.0 Å². The van der Waals surface area contributed by atoms with E-state index in [0.717, 1.165) is 24.0 Å². The molecular weight excluding hydrogens is 262 g/mol. The zero-order chi connectivity index (χ0) is 14.9. The van der Waals surface area contributed by atoms with Gasteiger partial charge in [0.2, 0.25) is 0 Å². The minimum absolute atomic E-state index is 0.0752. The molecule has 1 aromatic rings. The number of hydrogen-bond acceptors (Lipinski definition) is 3. The largest absolute Gasteiger partial charge is 0.497 e. The van der Waals surface area contributed by atoms with Crippen molar-refractivity contribution in [2.45, 2.75) is 51.7 Å². The molecule has 2 rings (SSSR count). The molecule has 0 bridgehead atoms. The fourth-order valence-corrected chi connectivity index (χ4v) is 2.82. The van der Waals surface area contributed by atoms with Gasteiger partial charge in [0.1, 0.15) is 6.61 Å². The normalized spacial score (nSPS) is 20.2. The van der Waals surface area contributed by atoms with E-state index in [4.69, 9.17) is 15.1 Å². The number of ether oxygens (including phenoxy) is 1. The fourth-order valence-electron chi connectivity index (χ4n) is 2.82. The molecule has 0 radical (unpaired) electrons. The summed E-state index contributed by atoms with van der Waals surface area (Å²) in [5.74, 6) is 0.523. The molecule has 21 heavy (non-hydrogen) atoms. The van der Waals surface area contributed by atoms with E-state index >= 15 is 0 Å². The molecule has 1 atom stereocenters. The van der Waals surface area contributed by atoms with Crippen LogP contribution in [0.2, 0.25) is 0 Å². The summed E-state index contributed by atoms with van der Waals surface area (Å²) in [6, 6.07) is 10.0. The van der Waals surface area contributed by atoms with Crippen LogP contribution in [0, 0.1) is 17.2 Å². The number of benzene rings is 1. The highest BCUT2D eigenvalue weighted by Gasteiger charge is 2.18. The van der Waals surface area contributed by atoms with Crippen LogP contribution in [-0.4, -0.2) is 5.11 Å². The SMILES string of the molecule is N#CCCC1CCCC/C1=C\OCc1ccc(CO)cc1. The Morgan fingerprint density at radius 3 is 2.71 bits per heavy atom. The summed E-state index contributed by atoms with van der Waals surface area (Å²) < 4.78 is 5.74. The van der Waals surface area contributed by atoms with Crippen molar-refractivity contribution in [1.29, 1.82) is 5.26 Å². The first kappa shape index (κ1) is 15.6. The highest BCUT2D eigenvalue weighted by Crippen LogP contribution is 2.32. The maximum atomic E-state index is 9.01. The van der Waals surface area contributed by atoms with Gasteiger partial charge in [0, 0.05) is 6.42 Å². The third-order valence-corrected chi connectivity index (χ3v) is 4.09. The Balaban J connectivity index is 1.87. The predicted molar refractivity (Wildman–Crippen MR) is 82.0 cm³/mol. The highest BCUT2D eigenvalue weighted by molar-refractivity contribution is 5.21. The van der Waals surface area contributed by atoms with Crippen LogP contribution < -0.4 is 0 Å². The Labute approximate surface area is 126 Å². The molecule has 1 fully saturated rings. The molecule has 0 aromatic heterocycles. The molecular formula is C18H23NO2. The Bertz CT molecular complexity index is 499. The second-order valence-electron chi connectivity index (χ2n) is 5.62. The third kappa shape index (κ3) is 4.91. The summed E-state index contributed by atoms with van der Waals surface area (Å²) in [6.07, 6.45) is 8.27. The predicted octanol–water partition coefficient (Wildman–Crippen LogP) is 4.07. The van der Waals surface area contributed by atoms with Crippen LogP contribution in [0.15, 0.2) is 36.1 Å². The van der Waals surface area contributed by atoms with E-state index in [1.165, 1.54) is 24.8 Å². The van der Waals surface area contributed by atoms with E-state index in [0.29, 0.717) is 18.9 Å². The van der Waals surface area contributed by atoms with Gasteiger partial charge in [-0.3, -0.25) is 0 Å². The number of aliphatic hydroxyl groups is 1. The number of rotatable bonds is 6. The molecule has 112 valence electrons. The van der Waals surface area contributed by atoms with Gasteiger partial charge in [-0.1, -0.05) is 30.7 Å². The lowest BCUT2D eigenvalue weighted by molar-refractivity contribution is 0.225. The average molecular weight is 285 g/mol. The monoisotopic (exact) mass is 285 g/mol. The van der Waals surface area contributed by atoms with Gasteiger partial charge < -0.3 is 9.84 Å². The number of allylic oxidation sites excluding steroid dienone is 1. The summed E-state index contributed by atoms with van der Waals surface area (Å²) in [6.45, 7) is 0.631. The molecule has 1 unspecified atom stereocenters. The van der Waals surface area contributed by atoms with E-state index < -0.39 is 0 Å². The number of nitrogens with zero attached hydrogens (tertiary/aromatic N) is 1. The van der Waals surface area contributed by atoms with Crippen molar-refractivity contribution in [1.82, 2.24) is 0 Å². The zero-order valence-electron chi connectivity index (χ0n) is 12.4. The molecule has 1 N–H and O–H groups in total. The zero-order valence-corrected chi connectivity index (χ0v) is 12.4. The highest BCUT2D eigenvalue weighted by atomic mass is 16.5. The molecule has 0 heterocycles. The van der Waals surface area contributed by atoms with Crippen molar-refractivity contribution in [3.63, 3.8) is 0 Å². The Hall–Kier alpha value is -1.79. The summed E-state index contributed by atoms with van der Waals surface area (Å²) in [4.78, 5) is 0. The van der Waals surface area contributed by atoms with Crippen molar-refractivity contribution in [2.24, 2.45) is 5.92 Å². The fraction of sp³-hybridized carbons (Fsp3) is 0.500. The molecule has 1 aliphatic rings. The lowest BCUT2D eigenvalue weighted by atomic mass is 9.82. The van der Waals surface area contributed by atoms with Crippen molar-refractivity contribution < 1.29 is 9.84 Å². The minimum Gasteiger partial charge on any atom is -0.497 e. The summed E-state index contributed by atoms with van der Waals surface area (Å²) in [5, 5.41) is 17.7. The van der Waals surface area contributed by atoms with E-state index in [2.05, 4.69) is 6.07 Å².